The summed E-state index contributed by atoms with van der Waals surface area (Å²) in [6.45, 7) is 4.28. The quantitative estimate of drug-likeness (QED) is 0.692. The van der Waals surface area contributed by atoms with Crippen LogP contribution in [0.2, 0.25) is 5.02 Å². The number of aromatic nitrogens is 2. The fourth-order valence-corrected chi connectivity index (χ4v) is 3.63. The van der Waals surface area contributed by atoms with Crippen LogP contribution in [-0.4, -0.2) is 47.6 Å². The highest BCUT2D eigenvalue weighted by Gasteiger charge is 2.20. The highest BCUT2D eigenvalue weighted by molar-refractivity contribution is 6.30. The Morgan fingerprint density at radius 3 is 2.67 bits per heavy atom. The normalized spacial score (nSPS) is 15.3. The molecule has 27 heavy (non-hydrogen) atoms. The van der Waals surface area contributed by atoms with Gasteiger partial charge in [-0.05, 0) is 24.3 Å². The highest BCUT2D eigenvalue weighted by atomic mass is 35.5. The SMILES string of the molecule is COc1ccccc1N1CCN(Cc2cc(=O)n3cc(Cl)ccc3n2)CC1. The molecule has 1 fully saturated rings. The third kappa shape index (κ3) is 3.77. The molecule has 140 valence electrons. The minimum absolute atomic E-state index is 0.106. The van der Waals surface area contributed by atoms with E-state index in [1.807, 2.05) is 18.2 Å². The Bertz CT molecular complexity index is 1010. The maximum Gasteiger partial charge on any atom is 0.258 e. The molecule has 0 N–H and O–H groups in total. The van der Waals surface area contributed by atoms with Crippen LogP contribution in [0.5, 0.6) is 5.75 Å². The lowest BCUT2D eigenvalue weighted by atomic mass is 10.2. The maximum atomic E-state index is 12.3. The number of anilines is 1. The number of para-hydroxylation sites is 2. The molecule has 1 aliphatic rings. The number of rotatable bonds is 4. The predicted octanol–water partition coefficient (Wildman–Crippen LogP) is 2.68. The average molecular weight is 385 g/mol. The van der Waals surface area contributed by atoms with Gasteiger partial charge in [-0.1, -0.05) is 23.7 Å². The van der Waals surface area contributed by atoms with E-state index in [4.69, 9.17) is 16.3 Å². The number of pyridine rings is 1. The van der Waals surface area contributed by atoms with Crippen molar-refractivity contribution < 1.29 is 4.74 Å². The summed E-state index contributed by atoms with van der Waals surface area (Å²) < 4.78 is 6.95. The van der Waals surface area contributed by atoms with Crippen molar-refractivity contribution in [3.05, 3.63) is 69.7 Å². The van der Waals surface area contributed by atoms with E-state index in [1.54, 1.807) is 31.5 Å². The molecule has 0 saturated carbocycles. The number of fused-ring (bicyclic) bond motifs is 1. The first kappa shape index (κ1) is 17.8. The van der Waals surface area contributed by atoms with Crippen LogP contribution in [0, 0.1) is 0 Å². The van der Waals surface area contributed by atoms with E-state index in [0.717, 1.165) is 43.3 Å². The Balaban J connectivity index is 1.46. The highest BCUT2D eigenvalue weighted by Crippen LogP contribution is 2.28. The number of halogens is 1. The number of nitrogens with zero attached hydrogens (tertiary/aromatic N) is 4. The Morgan fingerprint density at radius 2 is 1.89 bits per heavy atom. The van der Waals surface area contributed by atoms with Gasteiger partial charge in [0.05, 0.1) is 23.5 Å². The Labute approximate surface area is 162 Å². The van der Waals surface area contributed by atoms with Gasteiger partial charge in [-0.3, -0.25) is 14.1 Å². The van der Waals surface area contributed by atoms with Gasteiger partial charge in [0.25, 0.3) is 5.56 Å². The first-order chi connectivity index (χ1) is 13.1. The molecule has 0 atom stereocenters. The lowest BCUT2D eigenvalue weighted by Crippen LogP contribution is -2.46. The van der Waals surface area contributed by atoms with Crippen molar-refractivity contribution in [1.29, 1.82) is 0 Å². The Kier molecular flexibility index (Phi) is 5.01. The minimum Gasteiger partial charge on any atom is -0.495 e. The van der Waals surface area contributed by atoms with Crippen molar-refractivity contribution in [3.63, 3.8) is 0 Å². The molecule has 0 aliphatic carbocycles. The monoisotopic (exact) mass is 384 g/mol. The second-order valence-electron chi connectivity index (χ2n) is 6.60. The van der Waals surface area contributed by atoms with Crippen LogP contribution < -0.4 is 15.2 Å². The molecule has 1 saturated heterocycles. The summed E-state index contributed by atoms with van der Waals surface area (Å²) in [4.78, 5) is 21.6. The third-order valence-electron chi connectivity index (χ3n) is 4.86. The number of hydrogen-bond donors (Lipinski definition) is 0. The molecule has 0 bridgehead atoms. The molecule has 0 spiro atoms. The molecule has 3 heterocycles. The summed E-state index contributed by atoms with van der Waals surface area (Å²) in [5, 5.41) is 0.520. The smallest absolute Gasteiger partial charge is 0.258 e. The van der Waals surface area contributed by atoms with Crippen LogP contribution in [0.25, 0.3) is 5.65 Å². The van der Waals surface area contributed by atoms with Gasteiger partial charge in [0.15, 0.2) is 0 Å². The first-order valence-corrected chi connectivity index (χ1v) is 9.30. The minimum atomic E-state index is -0.106. The largest absolute Gasteiger partial charge is 0.495 e. The molecular weight excluding hydrogens is 364 g/mol. The lowest BCUT2D eigenvalue weighted by Gasteiger charge is -2.36. The molecular formula is C20H21ClN4O2. The summed E-state index contributed by atoms with van der Waals surface area (Å²) in [7, 11) is 1.70. The van der Waals surface area contributed by atoms with Crippen molar-refractivity contribution in [2.45, 2.75) is 6.54 Å². The van der Waals surface area contributed by atoms with E-state index in [9.17, 15) is 4.79 Å². The molecule has 7 heteroatoms. The molecule has 3 aromatic rings. The van der Waals surface area contributed by atoms with Crippen LogP contribution in [0.4, 0.5) is 5.69 Å². The third-order valence-corrected chi connectivity index (χ3v) is 5.08. The van der Waals surface area contributed by atoms with Crippen molar-refractivity contribution >= 4 is 22.9 Å². The van der Waals surface area contributed by atoms with E-state index < -0.39 is 0 Å². The molecule has 4 rings (SSSR count). The van der Waals surface area contributed by atoms with Gasteiger partial charge in [-0.2, -0.15) is 0 Å². The molecule has 0 radical (unpaired) electrons. The standard InChI is InChI=1S/C20H21ClN4O2/c1-27-18-5-3-2-4-17(18)24-10-8-23(9-11-24)14-16-12-20(26)25-13-15(21)6-7-19(25)22-16/h2-7,12-13H,8-11,14H2,1H3. The van der Waals surface area contributed by atoms with Gasteiger partial charge in [-0.25, -0.2) is 4.98 Å². The molecule has 6 nitrogen and oxygen atoms in total. The maximum absolute atomic E-state index is 12.3. The topological polar surface area (TPSA) is 50.1 Å². The summed E-state index contributed by atoms with van der Waals surface area (Å²) in [6.07, 6.45) is 1.60. The second-order valence-corrected chi connectivity index (χ2v) is 7.03. The van der Waals surface area contributed by atoms with Gasteiger partial charge >= 0.3 is 0 Å². The van der Waals surface area contributed by atoms with Gasteiger partial charge in [0.2, 0.25) is 0 Å². The van der Waals surface area contributed by atoms with Crippen LogP contribution >= 0.6 is 11.6 Å². The zero-order chi connectivity index (χ0) is 18.8. The number of methoxy groups -OCH3 is 1. The number of ether oxygens (including phenoxy) is 1. The van der Waals surface area contributed by atoms with Gasteiger partial charge in [0.1, 0.15) is 11.4 Å². The van der Waals surface area contributed by atoms with E-state index in [0.29, 0.717) is 17.2 Å². The fraction of sp³-hybridized carbons (Fsp3) is 0.300. The lowest BCUT2D eigenvalue weighted by molar-refractivity contribution is 0.246. The van der Waals surface area contributed by atoms with Crippen LogP contribution in [0.15, 0.2) is 53.5 Å². The molecule has 0 unspecified atom stereocenters. The summed E-state index contributed by atoms with van der Waals surface area (Å²) in [5.74, 6) is 0.897. The number of piperazine rings is 1. The Hall–Kier alpha value is -2.57. The van der Waals surface area contributed by atoms with Gasteiger partial charge in [0, 0.05) is 45.0 Å². The summed E-state index contributed by atoms with van der Waals surface area (Å²) in [6, 6.07) is 13.2. The predicted molar refractivity (Wildman–Crippen MR) is 107 cm³/mol. The summed E-state index contributed by atoms with van der Waals surface area (Å²) >= 11 is 5.96. The molecule has 0 amide bonds. The van der Waals surface area contributed by atoms with Crippen LogP contribution in [-0.2, 0) is 6.54 Å². The molecule has 1 aliphatic heterocycles. The van der Waals surface area contributed by atoms with E-state index >= 15 is 0 Å². The second kappa shape index (κ2) is 7.58. The Morgan fingerprint density at radius 1 is 1.11 bits per heavy atom. The average Bonchev–Trinajstić information content (AvgIpc) is 2.69. The van der Waals surface area contributed by atoms with Crippen LogP contribution in [0.3, 0.4) is 0 Å². The van der Waals surface area contributed by atoms with Crippen molar-refractivity contribution in [3.8, 4) is 5.75 Å². The van der Waals surface area contributed by atoms with Gasteiger partial charge in [-0.15, -0.1) is 0 Å². The number of benzene rings is 1. The zero-order valence-electron chi connectivity index (χ0n) is 15.1. The fourth-order valence-electron chi connectivity index (χ4n) is 3.47. The van der Waals surface area contributed by atoms with E-state index in [1.165, 1.54) is 4.40 Å². The zero-order valence-corrected chi connectivity index (χ0v) is 15.9. The van der Waals surface area contributed by atoms with Crippen molar-refractivity contribution in [2.24, 2.45) is 0 Å². The first-order valence-electron chi connectivity index (χ1n) is 8.92. The number of hydrogen-bond acceptors (Lipinski definition) is 5. The molecule has 2 aromatic heterocycles. The van der Waals surface area contributed by atoms with E-state index in [2.05, 4.69) is 20.9 Å². The van der Waals surface area contributed by atoms with Crippen molar-refractivity contribution in [1.82, 2.24) is 14.3 Å². The van der Waals surface area contributed by atoms with Crippen LogP contribution in [0.1, 0.15) is 5.69 Å². The van der Waals surface area contributed by atoms with E-state index in [-0.39, 0.29) is 5.56 Å². The summed E-state index contributed by atoms with van der Waals surface area (Å²) in [5.41, 5.74) is 2.42. The van der Waals surface area contributed by atoms with Gasteiger partial charge < -0.3 is 9.64 Å². The molecule has 1 aromatic carbocycles. The van der Waals surface area contributed by atoms with Crippen molar-refractivity contribution in [2.75, 3.05) is 38.2 Å².